The van der Waals surface area contributed by atoms with E-state index in [1.807, 2.05) is 6.92 Å². The molecule has 0 bridgehead atoms. The maximum Gasteiger partial charge on any atom is 0.167 e. The zero-order valence-corrected chi connectivity index (χ0v) is 16.1. The molecule has 1 unspecified atom stereocenters. The van der Waals surface area contributed by atoms with E-state index in [4.69, 9.17) is 9.47 Å². The Labute approximate surface area is 153 Å². The molecule has 0 radical (unpaired) electrons. The van der Waals surface area contributed by atoms with Crippen LogP contribution in [-0.2, 0) is 22.3 Å². The van der Waals surface area contributed by atoms with Crippen molar-refractivity contribution in [3.8, 4) is 0 Å². The Morgan fingerprint density at radius 2 is 1.45 bits per heavy atom. The largest absolute Gasteiger partial charge is 0.324 e. The Hall–Kier alpha value is -0.430. The van der Waals surface area contributed by atoms with E-state index < -0.39 is 0 Å². The molecule has 3 rings (SSSR count). The molecule has 1 atom stereocenters. The molecule has 1 saturated heterocycles. The number of hydrogen-bond acceptors (Lipinski definition) is 2. The van der Waals surface area contributed by atoms with Crippen LogP contribution < -0.4 is 0 Å². The van der Waals surface area contributed by atoms with Crippen molar-refractivity contribution in [2.24, 2.45) is 5.92 Å². The molecule has 1 aliphatic heterocycles. The van der Waals surface area contributed by atoms with Gasteiger partial charge in [0.15, 0.2) is 12.6 Å². The Bertz CT molecular complexity index is 558. The molecule has 0 aromatic heterocycles. The molecule has 0 N–H and O–H groups in total. The second kappa shape index (κ2) is 7.43. The van der Waals surface area contributed by atoms with Crippen LogP contribution in [0.3, 0.4) is 0 Å². The maximum absolute atomic E-state index is 5.76. The van der Waals surface area contributed by atoms with Gasteiger partial charge in [-0.1, -0.05) is 40.2 Å². The fourth-order valence-electron chi connectivity index (χ4n) is 2.72. The SMILES string of the molecule is CC1OC(C(Cc2ccc(Br)cc2)Cc2ccc(I)cc2)O1. The average Bonchev–Trinajstić information content (AvgIpc) is 2.48. The Kier molecular flexibility index (Phi) is 5.55. The lowest BCUT2D eigenvalue weighted by Gasteiger charge is -2.39. The van der Waals surface area contributed by atoms with Crippen molar-refractivity contribution in [2.75, 3.05) is 0 Å². The minimum absolute atomic E-state index is 0.0749. The zero-order chi connectivity index (χ0) is 15.5. The summed E-state index contributed by atoms with van der Waals surface area (Å²) in [6, 6.07) is 17.2. The molecular formula is C18H18BrIO2. The quantitative estimate of drug-likeness (QED) is 0.558. The minimum Gasteiger partial charge on any atom is -0.324 e. The smallest absolute Gasteiger partial charge is 0.167 e. The normalized spacial score (nSPS) is 22.1. The van der Waals surface area contributed by atoms with Gasteiger partial charge < -0.3 is 9.47 Å². The molecule has 0 aliphatic carbocycles. The van der Waals surface area contributed by atoms with Crippen LogP contribution in [0.2, 0.25) is 0 Å². The molecule has 0 amide bonds. The highest BCUT2D eigenvalue weighted by Crippen LogP contribution is 2.29. The summed E-state index contributed by atoms with van der Waals surface area (Å²) in [6.45, 7) is 1.94. The average molecular weight is 473 g/mol. The molecule has 2 nitrogen and oxygen atoms in total. The predicted molar refractivity (Wildman–Crippen MR) is 99.6 cm³/mol. The summed E-state index contributed by atoms with van der Waals surface area (Å²) in [5, 5.41) is 0. The second-order valence-electron chi connectivity index (χ2n) is 5.63. The first kappa shape index (κ1) is 16.4. The van der Waals surface area contributed by atoms with Gasteiger partial charge >= 0.3 is 0 Å². The predicted octanol–water partition coefficient (Wildman–Crippen LogP) is 5.17. The van der Waals surface area contributed by atoms with Crippen molar-refractivity contribution in [2.45, 2.75) is 32.3 Å². The first-order valence-corrected chi connectivity index (χ1v) is 9.27. The van der Waals surface area contributed by atoms with Crippen LogP contribution in [0.5, 0.6) is 0 Å². The van der Waals surface area contributed by atoms with Gasteiger partial charge in [-0.2, -0.15) is 0 Å². The van der Waals surface area contributed by atoms with E-state index >= 15 is 0 Å². The van der Waals surface area contributed by atoms with E-state index in [0.717, 1.165) is 17.3 Å². The second-order valence-corrected chi connectivity index (χ2v) is 7.79. The zero-order valence-electron chi connectivity index (χ0n) is 12.3. The van der Waals surface area contributed by atoms with E-state index in [1.54, 1.807) is 0 Å². The summed E-state index contributed by atoms with van der Waals surface area (Å²) < 4.78 is 13.9. The summed E-state index contributed by atoms with van der Waals surface area (Å²) in [4.78, 5) is 0. The highest BCUT2D eigenvalue weighted by atomic mass is 127. The molecule has 1 heterocycles. The number of halogens is 2. The topological polar surface area (TPSA) is 18.5 Å². The van der Waals surface area contributed by atoms with E-state index in [0.29, 0.717) is 5.92 Å². The Balaban J connectivity index is 1.72. The number of hydrogen-bond donors (Lipinski definition) is 0. The van der Waals surface area contributed by atoms with Crippen LogP contribution in [0.15, 0.2) is 53.0 Å². The lowest BCUT2D eigenvalue weighted by molar-refractivity contribution is -0.392. The molecule has 4 heteroatoms. The van der Waals surface area contributed by atoms with Gasteiger partial charge in [0.25, 0.3) is 0 Å². The van der Waals surface area contributed by atoms with E-state index in [2.05, 4.69) is 87.1 Å². The van der Waals surface area contributed by atoms with Gasteiger partial charge in [0, 0.05) is 14.0 Å². The van der Waals surface area contributed by atoms with Gasteiger partial charge in [-0.3, -0.25) is 0 Å². The number of ether oxygens (including phenoxy) is 2. The summed E-state index contributed by atoms with van der Waals surface area (Å²) in [5.74, 6) is 0.331. The highest BCUT2D eigenvalue weighted by molar-refractivity contribution is 14.1. The van der Waals surface area contributed by atoms with Crippen molar-refractivity contribution in [1.82, 2.24) is 0 Å². The molecule has 1 aliphatic rings. The van der Waals surface area contributed by atoms with Crippen molar-refractivity contribution in [3.63, 3.8) is 0 Å². The molecule has 0 saturated carbocycles. The van der Waals surface area contributed by atoms with E-state index in [-0.39, 0.29) is 12.6 Å². The van der Waals surface area contributed by atoms with Gasteiger partial charge in [0.1, 0.15) is 0 Å². The summed E-state index contributed by atoms with van der Waals surface area (Å²) in [5.41, 5.74) is 2.64. The maximum atomic E-state index is 5.76. The fourth-order valence-corrected chi connectivity index (χ4v) is 3.35. The standard InChI is InChI=1S/C18H18BrIO2/c1-12-21-18(22-12)15(10-13-2-6-16(19)7-3-13)11-14-4-8-17(20)9-5-14/h2-9,12,15,18H,10-11H2,1H3. The molecule has 1 fully saturated rings. The van der Waals surface area contributed by atoms with Crippen LogP contribution in [0.25, 0.3) is 0 Å². The van der Waals surface area contributed by atoms with Gasteiger partial charge in [0.05, 0.1) is 0 Å². The van der Waals surface area contributed by atoms with Gasteiger partial charge in [-0.15, -0.1) is 0 Å². The minimum atomic E-state index is -0.0991. The molecule has 0 spiro atoms. The van der Waals surface area contributed by atoms with Gasteiger partial charge in [0.2, 0.25) is 0 Å². The third-order valence-electron chi connectivity index (χ3n) is 3.86. The van der Waals surface area contributed by atoms with Crippen molar-refractivity contribution in [1.29, 1.82) is 0 Å². The van der Waals surface area contributed by atoms with Gasteiger partial charge in [-0.25, -0.2) is 0 Å². The summed E-state index contributed by atoms with van der Waals surface area (Å²) >= 11 is 5.82. The van der Waals surface area contributed by atoms with E-state index in [9.17, 15) is 0 Å². The molecule has 116 valence electrons. The van der Waals surface area contributed by atoms with Crippen molar-refractivity contribution < 1.29 is 9.47 Å². The molecular weight excluding hydrogens is 455 g/mol. The first-order chi connectivity index (χ1) is 10.6. The number of rotatable bonds is 5. The van der Waals surface area contributed by atoms with E-state index in [1.165, 1.54) is 14.7 Å². The Morgan fingerprint density at radius 3 is 1.95 bits per heavy atom. The highest BCUT2D eigenvalue weighted by Gasteiger charge is 2.34. The number of benzene rings is 2. The van der Waals surface area contributed by atoms with Crippen LogP contribution >= 0.6 is 38.5 Å². The van der Waals surface area contributed by atoms with Crippen LogP contribution in [0, 0.1) is 9.49 Å². The van der Waals surface area contributed by atoms with Gasteiger partial charge in [-0.05, 0) is 77.7 Å². The monoisotopic (exact) mass is 472 g/mol. The Morgan fingerprint density at radius 1 is 0.955 bits per heavy atom. The molecule has 2 aromatic carbocycles. The summed E-state index contributed by atoms with van der Waals surface area (Å²) in [7, 11) is 0. The fraction of sp³-hybridized carbons (Fsp3) is 0.333. The van der Waals surface area contributed by atoms with Crippen LogP contribution in [0.4, 0.5) is 0 Å². The molecule has 2 aromatic rings. The van der Waals surface area contributed by atoms with Crippen molar-refractivity contribution in [3.05, 3.63) is 67.7 Å². The summed E-state index contributed by atoms with van der Waals surface area (Å²) in [6.07, 6.45) is 1.74. The third-order valence-corrected chi connectivity index (χ3v) is 5.11. The van der Waals surface area contributed by atoms with Crippen LogP contribution in [0.1, 0.15) is 18.1 Å². The third kappa shape index (κ3) is 4.31. The first-order valence-electron chi connectivity index (χ1n) is 7.40. The lowest BCUT2D eigenvalue weighted by Crippen LogP contribution is -2.45. The molecule has 22 heavy (non-hydrogen) atoms. The van der Waals surface area contributed by atoms with Crippen LogP contribution in [-0.4, -0.2) is 12.6 Å². The lowest BCUT2D eigenvalue weighted by atomic mass is 9.91. The van der Waals surface area contributed by atoms with Crippen molar-refractivity contribution >= 4 is 38.5 Å².